The van der Waals surface area contributed by atoms with Crippen LogP contribution in [0.1, 0.15) is 19.4 Å². The van der Waals surface area contributed by atoms with E-state index in [2.05, 4.69) is 15.3 Å². The molecule has 0 aliphatic carbocycles. The lowest BCUT2D eigenvalue weighted by atomic mass is 9.84. The fourth-order valence-electron chi connectivity index (χ4n) is 1.76. The smallest absolute Gasteiger partial charge is 0.148 e. The van der Waals surface area contributed by atoms with Gasteiger partial charge in [0.25, 0.3) is 0 Å². The average Bonchev–Trinajstić information content (AvgIpc) is 2.38. The quantitative estimate of drug-likeness (QED) is 0.928. The summed E-state index contributed by atoms with van der Waals surface area (Å²) in [7, 11) is 0. The lowest BCUT2D eigenvalue weighted by Crippen LogP contribution is -2.28. The summed E-state index contributed by atoms with van der Waals surface area (Å²) in [4.78, 5) is 7.89. The molecule has 100 valence electrons. The zero-order valence-corrected chi connectivity index (χ0v) is 11.6. The summed E-state index contributed by atoms with van der Waals surface area (Å²) in [5.41, 5.74) is 0.682. The van der Waals surface area contributed by atoms with Crippen LogP contribution in [0.5, 0.6) is 0 Å². The molecule has 19 heavy (non-hydrogen) atoms. The van der Waals surface area contributed by atoms with Crippen molar-refractivity contribution in [2.75, 3.05) is 11.9 Å². The molecule has 0 amide bonds. The van der Waals surface area contributed by atoms with Gasteiger partial charge in [0.2, 0.25) is 0 Å². The van der Waals surface area contributed by atoms with E-state index in [1.165, 1.54) is 18.6 Å². The Hall–Kier alpha value is -1.68. The number of nitrogens with zero attached hydrogens (tertiary/aromatic N) is 2. The Labute approximate surface area is 116 Å². The van der Waals surface area contributed by atoms with Crippen molar-refractivity contribution in [3.8, 4) is 0 Å². The van der Waals surface area contributed by atoms with Crippen molar-refractivity contribution in [2.24, 2.45) is 0 Å². The van der Waals surface area contributed by atoms with Gasteiger partial charge in [-0.1, -0.05) is 37.6 Å². The molecule has 1 aromatic carbocycles. The summed E-state index contributed by atoms with van der Waals surface area (Å²) in [5.74, 6) is 0.354. The van der Waals surface area contributed by atoms with Crippen molar-refractivity contribution >= 4 is 17.4 Å². The van der Waals surface area contributed by atoms with Crippen molar-refractivity contribution in [1.29, 1.82) is 0 Å². The molecule has 1 heterocycles. The molecule has 1 aromatic heterocycles. The van der Waals surface area contributed by atoms with Crippen LogP contribution in [0.15, 0.2) is 36.8 Å². The van der Waals surface area contributed by atoms with E-state index in [4.69, 9.17) is 11.6 Å². The number of hydrogen-bond donors (Lipinski definition) is 1. The number of aromatic nitrogens is 2. The first-order valence-corrected chi connectivity index (χ1v) is 6.32. The molecule has 0 aliphatic rings. The normalized spacial score (nSPS) is 11.4. The van der Waals surface area contributed by atoms with Gasteiger partial charge in [0.15, 0.2) is 0 Å². The third kappa shape index (κ3) is 3.41. The van der Waals surface area contributed by atoms with E-state index >= 15 is 0 Å². The molecule has 0 radical (unpaired) electrons. The minimum atomic E-state index is -0.240. The maximum absolute atomic E-state index is 13.3. The average molecular weight is 280 g/mol. The second-order valence-electron chi connectivity index (χ2n) is 4.97. The molecule has 0 atom stereocenters. The molecule has 0 spiro atoms. The highest BCUT2D eigenvalue weighted by Gasteiger charge is 2.21. The Bertz CT molecular complexity index is 572. The molecule has 3 nitrogen and oxygen atoms in total. The topological polar surface area (TPSA) is 37.8 Å². The van der Waals surface area contributed by atoms with Gasteiger partial charge in [-0.15, -0.1) is 0 Å². The van der Waals surface area contributed by atoms with Gasteiger partial charge in [-0.2, -0.15) is 0 Å². The van der Waals surface area contributed by atoms with E-state index in [0.29, 0.717) is 17.4 Å². The van der Waals surface area contributed by atoms with E-state index in [1.807, 2.05) is 19.9 Å². The lowest BCUT2D eigenvalue weighted by molar-refractivity contribution is 0.545. The maximum Gasteiger partial charge on any atom is 0.148 e. The van der Waals surface area contributed by atoms with E-state index in [1.54, 1.807) is 12.1 Å². The van der Waals surface area contributed by atoms with Crippen molar-refractivity contribution in [3.05, 3.63) is 53.2 Å². The molecule has 1 N–H and O–H groups in total. The minimum Gasteiger partial charge on any atom is -0.368 e. The molecule has 0 aliphatic heterocycles. The molecular formula is C14H15ClFN3. The molecule has 0 saturated heterocycles. The molecule has 0 bridgehead atoms. The summed E-state index contributed by atoms with van der Waals surface area (Å²) in [5, 5.41) is 3.64. The van der Waals surface area contributed by atoms with Crippen LogP contribution in [-0.4, -0.2) is 16.5 Å². The molecule has 0 unspecified atom stereocenters. The predicted molar refractivity (Wildman–Crippen MR) is 75.0 cm³/mol. The van der Waals surface area contributed by atoms with Gasteiger partial charge in [-0.25, -0.2) is 14.4 Å². The van der Waals surface area contributed by atoms with E-state index in [-0.39, 0.29) is 11.2 Å². The van der Waals surface area contributed by atoms with E-state index < -0.39 is 0 Å². The summed E-state index contributed by atoms with van der Waals surface area (Å²) >= 11 is 5.98. The van der Waals surface area contributed by atoms with E-state index in [9.17, 15) is 4.39 Å². The molecule has 2 aromatic rings. The van der Waals surface area contributed by atoms with Gasteiger partial charge in [-0.3, -0.25) is 0 Å². The largest absolute Gasteiger partial charge is 0.368 e. The van der Waals surface area contributed by atoms with Crippen molar-refractivity contribution in [3.63, 3.8) is 0 Å². The highest BCUT2D eigenvalue weighted by molar-refractivity contribution is 6.32. The van der Waals surface area contributed by atoms with E-state index in [0.717, 1.165) is 5.56 Å². The minimum absolute atomic E-state index is 0.231. The van der Waals surface area contributed by atoms with Crippen molar-refractivity contribution in [2.45, 2.75) is 19.3 Å². The standard InChI is InChI=1S/C14H15ClFN3/c1-14(2,10-4-3-5-11(16)6-10)8-18-13-12(15)7-17-9-19-13/h3-7,9H,8H2,1-2H3,(H,17,18,19). The zero-order chi connectivity index (χ0) is 13.9. The highest BCUT2D eigenvalue weighted by Crippen LogP contribution is 2.25. The third-order valence-corrected chi connectivity index (χ3v) is 3.25. The number of rotatable bonds is 4. The Morgan fingerprint density at radius 2 is 2.16 bits per heavy atom. The van der Waals surface area contributed by atoms with Gasteiger partial charge in [0.05, 0.1) is 6.20 Å². The van der Waals surface area contributed by atoms with Gasteiger partial charge in [0.1, 0.15) is 23.0 Å². The molecule has 2 rings (SSSR count). The first-order valence-electron chi connectivity index (χ1n) is 5.94. The van der Waals surface area contributed by atoms with Crippen LogP contribution in [0.2, 0.25) is 5.02 Å². The fourth-order valence-corrected chi connectivity index (χ4v) is 1.93. The molecular weight excluding hydrogens is 265 g/mol. The van der Waals surface area contributed by atoms with Crippen LogP contribution < -0.4 is 5.32 Å². The SMILES string of the molecule is CC(C)(CNc1ncncc1Cl)c1cccc(F)c1. The lowest BCUT2D eigenvalue weighted by Gasteiger charge is -2.26. The van der Waals surface area contributed by atoms with Crippen LogP contribution in [0, 0.1) is 5.82 Å². The number of halogens is 2. The monoisotopic (exact) mass is 279 g/mol. The summed E-state index contributed by atoms with van der Waals surface area (Å²) < 4.78 is 13.3. The fraction of sp³-hybridized carbons (Fsp3) is 0.286. The first kappa shape index (κ1) is 13.7. The van der Waals surface area contributed by atoms with Crippen molar-refractivity contribution in [1.82, 2.24) is 9.97 Å². The van der Waals surface area contributed by atoms with Crippen LogP contribution in [0.4, 0.5) is 10.2 Å². The van der Waals surface area contributed by atoms with Crippen LogP contribution in [0.3, 0.4) is 0 Å². The number of benzene rings is 1. The summed E-state index contributed by atoms with van der Waals surface area (Å²) in [6, 6.07) is 6.61. The van der Waals surface area contributed by atoms with Gasteiger partial charge >= 0.3 is 0 Å². The summed E-state index contributed by atoms with van der Waals surface area (Å²) in [6.45, 7) is 4.65. The van der Waals surface area contributed by atoms with Gasteiger partial charge in [0, 0.05) is 12.0 Å². The second kappa shape index (κ2) is 5.53. The molecule has 0 fully saturated rings. The Kier molecular flexibility index (Phi) is 4.00. The van der Waals surface area contributed by atoms with Gasteiger partial charge in [-0.05, 0) is 17.7 Å². The molecule has 5 heteroatoms. The Balaban J connectivity index is 2.12. The number of hydrogen-bond acceptors (Lipinski definition) is 3. The maximum atomic E-state index is 13.3. The van der Waals surface area contributed by atoms with Crippen LogP contribution in [-0.2, 0) is 5.41 Å². The zero-order valence-electron chi connectivity index (χ0n) is 10.8. The van der Waals surface area contributed by atoms with Crippen LogP contribution >= 0.6 is 11.6 Å². The van der Waals surface area contributed by atoms with Crippen LogP contribution in [0.25, 0.3) is 0 Å². The van der Waals surface area contributed by atoms with Gasteiger partial charge < -0.3 is 5.32 Å². The summed E-state index contributed by atoms with van der Waals surface area (Å²) in [6.07, 6.45) is 2.97. The predicted octanol–water partition coefficient (Wildman–Crippen LogP) is 3.66. The second-order valence-corrected chi connectivity index (χ2v) is 5.37. The molecule has 0 saturated carbocycles. The third-order valence-electron chi connectivity index (χ3n) is 2.97. The number of nitrogens with one attached hydrogen (secondary N) is 1. The Morgan fingerprint density at radius 3 is 2.84 bits per heavy atom. The first-order chi connectivity index (χ1) is 8.99. The highest BCUT2D eigenvalue weighted by atomic mass is 35.5. The number of anilines is 1. The van der Waals surface area contributed by atoms with Crippen molar-refractivity contribution < 1.29 is 4.39 Å². The Morgan fingerprint density at radius 1 is 1.37 bits per heavy atom.